The summed E-state index contributed by atoms with van der Waals surface area (Å²) in [5.41, 5.74) is 2.72. The molecule has 86 valence electrons. The number of hydrogen-bond donors (Lipinski definition) is 1. The van der Waals surface area contributed by atoms with Gasteiger partial charge in [-0.15, -0.1) is 0 Å². The summed E-state index contributed by atoms with van der Waals surface area (Å²) < 4.78 is 4.43. The van der Waals surface area contributed by atoms with Crippen molar-refractivity contribution < 1.29 is 14.3 Å². The van der Waals surface area contributed by atoms with E-state index in [-0.39, 0.29) is 12.5 Å². The number of methoxy groups -OCH3 is 1. The molecule has 0 unspecified atom stereocenters. The zero-order valence-corrected chi connectivity index (χ0v) is 9.66. The number of ether oxygens (including phenoxy) is 1. The minimum atomic E-state index is -0.461. The molecule has 0 bridgehead atoms. The summed E-state index contributed by atoms with van der Waals surface area (Å²) in [4.78, 5) is 22.4. The second-order valence-corrected chi connectivity index (χ2v) is 3.56. The standard InChI is InChI=1S/C12H15NO3/c1-8-4-5-10(6-9(8)2)12(15)13-7-11(14)16-3/h4-6H,7H2,1-3H3,(H,13,15). The zero-order chi connectivity index (χ0) is 12.1. The third-order valence-electron chi connectivity index (χ3n) is 2.39. The van der Waals surface area contributed by atoms with Crippen LogP contribution in [0.3, 0.4) is 0 Å². The van der Waals surface area contributed by atoms with Crippen molar-refractivity contribution in [2.24, 2.45) is 0 Å². The van der Waals surface area contributed by atoms with E-state index in [0.29, 0.717) is 5.56 Å². The molecule has 0 aliphatic rings. The third kappa shape index (κ3) is 3.08. The fourth-order valence-corrected chi connectivity index (χ4v) is 1.21. The first-order valence-corrected chi connectivity index (χ1v) is 4.97. The second-order valence-electron chi connectivity index (χ2n) is 3.56. The van der Waals surface area contributed by atoms with E-state index in [4.69, 9.17) is 0 Å². The highest BCUT2D eigenvalue weighted by atomic mass is 16.5. The summed E-state index contributed by atoms with van der Waals surface area (Å²) >= 11 is 0. The molecule has 0 aliphatic carbocycles. The molecule has 0 saturated heterocycles. The molecule has 1 aromatic carbocycles. The number of esters is 1. The van der Waals surface area contributed by atoms with Crippen LogP contribution >= 0.6 is 0 Å². The van der Waals surface area contributed by atoms with Crippen LogP contribution in [0, 0.1) is 13.8 Å². The smallest absolute Gasteiger partial charge is 0.325 e. The first-order valence-electron chi connectivity index (χ1n) is 4.97. The molecule has 0 spiro atoms. The average Bonchev–Trinajstić information content (AvgIpc) is 2.29. The Morgan fingerprint density at radius 3 is 2.50 bits per heavy atom. The molecule has 1 amide bonds. The van der Waals surface area contributed by atoms with Gasteiger partial charge in [0.05, 0.1) is 7.11 Å². The van der Waals surface area contributed by atoms with Crippen LogP contribution in [0.5, 0.6) is 0 Å². The lowest BCUT2D eigenvalue weighted by Crippen LogP contribution is -2.30. The fourth-order valence-electron chi connectivity index (χ4n) is 1.21. The van der Waals surface area contributed by atoms with Crippen molar-refractivity contribution in [2.45, 2.75) is 13.8 Å². The number of amides is 1. The number of rotatable bonds is 3. The first-order chi connectivity index (χ1) is 7.54. The van der Waals surface area contributed by atoms with Gasteiger partial charge in [-0.1, -0.05) is 6.07 Å². The molecule has 0 saturated carbocycles. The molecular formula is C12H15NO3. The van der Waals surface area contributed by atoms with Crippen LogP contribution in [0.25, 0.3) is 0 Å². The van der Waals surface area contributed by atoms with Gasteiger partial charge in [-0.05, 0) is 37.1 Å². The second kappa shape index (κ2) is 5.30. The Morgan fingerprint density at radius 2 is 1.94 bits per heavy atom. The lowest BCUT2D eigenvalue weighted by molar-refractivity contribution is -0.139. The molecule has 1 N–H and O–H groups in total. The molecule has 0 aromatic heterocycles. The Morgan fingerprint density at radius 1 is 1.25 bits per heavy atom. The highest BCUT2D eigenvalue weighted by Gasteiger charge is 2.08. The summed E-state index contributed by atoms with van der Waals surface area (Å²) in [6.07, 6.45) is 0. The highest BCUT2D eigenvalue weighted by Crippen LogP contribution is 2.09. The lowest BCUT2D eigenvalue weighted by Gasteiger charge is -2.06. The van der Waals surface area contributed by atoms with E-state index in [0.717, 1.165) is 11.1 Å². The Bertz CT molecular complexity index is 413. The van der Waals surface area contributed by atoms with Crippen molar-refractivity contribution in [3.05, 3.63) is 34.9 Å². The first kappa shape index (κ1) is 12.2. The van der Waals surface area contributed by atoms with Crippen LogP contribution in [0.2, 0.25) is 0 Å². The average molecular weight is 221 g/mol. The minimum absolute atomic E-state index is 0.109. The van der Waals surface area contributed by atoms with Crippen molar-refractivity contribution in [3.8, 4) is 0 Å². The zero-order valence-electron chi connectivity index (χ0n) is 9.66. The summed E-state index contributed by atoms with van der Waals surface area (Å²) in [6.45, 7) is 3.81. The van der Waals surface area contributed by atoms with E-state index in [2.05, 4.69) is 10.1 Å². The number of benzene rings is 1. The third-order valence-corrected chi connectivity index (χ3v) is 2.39. The van der Waals surface area contributed by atoms with E-state index in [1.54, 1.807) is 12.1 Å². The summed E-state index contributed by atoms with van der Waals surface area (Å²) in [5, 5.41) is 2.48. The van der Waals surface area contributed by atoms with Crippen LogP contribution < -0.4 is 5.32 Å². The van der Waals surface area contributed by atoms with Crippen LogP contribution in [0.4, 0.5) is 0 Å². The predicted molar refractivity (Wildman–Crippen MR) is 60.3 cm³/mol. The number of aryl methyl sites for hydroxylation is 2. The van der Waals surface area contributed by atoms with Gasteiger partial charge in [0.25, 0.3) is 5.91 Å². The van der Waals surface area contributed by atoms with Crippen LogP contribution in [0.15, 0.2) is 18.2 Å². The van der Waals surface area contributed by atoms with Gasteiger partial charge < -0.3 is 10.1 Å². The molecule has 1 rings (SSSR count). The molecule has 0 fully saturated rings. The number of carbonyl (C=O) groups is 2. The quantitative estimate of drug-likeness (QED) is 0.780. The Labute approximate surface area is 94.6 Å². The lowest BCUT2D eigenvalue weighted by atomic mass is 10.1. The van der Waals surface area contributed by atoms with Gasteiger partial charge in [-0.2, -0.15) is 0 Å². The molecule has 0 aliphatic heterocycles. The molecule has 0 radical (unpaired) electrons. The van der Waals surface area contributed by atoms with Crippen molar-refractivity contribution >= 4 is 11.9 Å². The molecule has 4 nitrogen and oxygen atoms in total. The SMILES string of the molecule is COC(=O)CNC(=O)c1ccc(C)c(C)c1. The fraction of sp³-hybridized carbons (Fsp3) is 0.333. The summed E-state index contributed by atoms with van der Waals surface area (Å²) in [7, 11) is 1.28. The normalized spacial score (nSPS) is 9.69. The molecule has 0 heterocycles. The van der Waals surface area contributed by atoms with Crippen LogP contribution in [-0.4, -0.2) is 25.5 Å². The molecule has 0 atom stereocenters. The maximum atomic E-state index is 11.6. The largest absolute Gasteiger partial charge is 0.468 e. The summed E-state index contributed by atoms with van der Waals surface area (Å²) in [5.74, 6) is -0.731. The van der Waals surface area contributed by atoms with Crippen LogP contribution in [0.1, 0.15) is 21.5 Å². The Kier molecular flexibility index (Phi) is 4.05. The molecule has 4 heteroatoms. The monoisotopic (exact) mass is 221 g/mol. The number of nitrogens with one attached hydrogen (secondary N) is 1. The van der Waals surface area contributed by atoms with Crippen molar-refractivity contribution in [3.63, 3.8) is 0 Å². The van der Waals surface area contributed by atoms with Crippen molar-refractivity contribution in [1.29, 1.82) is 0 Å². The number of hydrogen-bond acceptors (Lipinski definition) is 3. The predicted octanol–water partition coefficient (Wildman–Crippen LogP) is 1.21. The van der Waals surface area contributed by atoms with E-state index >= 15 is 0 Å². The molecule has 16 heavy (non-hydrogen) atoms. The van der Waals surface area contributed by atoms with E-state index in [9.17, 15) is 9.59 Å². The van der Waals surface area contributed by atoms with Crippen molar-refractivity contribution in [2.75, 3.05) is 13.7 Å². The van der Waals surface area contributed by atoms with E-state index < -0.39 is 5.97 Å². The Balaban J connectivity index is 2.66. The topological polar surface area (TPSA) is 55.4 Å². The molecule has 1 aromatic rings. The minimum Gasteiger partial charge on any atom is -0.468 e. The van der Waals surface area contributed by atoms with Crippen LogP contribution in [-0.2, 0) is 9.53 Å². The van der Waals surface area contributed by atoms with Gasteiger partial charge in [0, 0.05) is 5.56 Å². The highest BCUT2D eigenvalue weighted by molar-refractivity contribution is 5.96. The van der Waals surface area contributed by atoms with Gasteiger partial charge in [-0.25, -0.2) is 0 Å². The van der Waals surface area contributed by atoms with Gasteiger partial charge in [-0.3, -0.25) is 9.59 Å². The maximum Gasteiger partial charge on any atom is 0.325 e. The molecular weight excluding hydrogens is 206 g/mol. The van der Waals surface area contributed by atoms with Gasteiger partial charge in [0.1, 0.15) is 6.54 Å². The van der Waals surface area contributed by atoms with Crippen molar-refractivity contribution in [1.82, 2.24) is 5.32 Å². The van der Waals surface area contributed by atoms with E-state index in [1.807, 2.05) is 19.9 Å². The van der Waals surface area contributed by atoms with Gasteiger partial charge in [0.15, 0.2) is 0 Å². The number of carbonyl (C=O) groups excluding carboxylic acids is 2. The van der Waals surface area contributed by atoms with Gasteiger partial charge in [0.2, 0.25) is 0 Å². The van der Waals surface area contributed by atoms with E-state index in [1.165, 1.54) is 7.11 Å². The summed E-state index contributed by atoms with van der Waals surface area (Å²) in [6, 6.07) is 5.40. The maximum absolute atomic E-state index is 11.6. The Hall–Kier alpha value is -1.84. The van der Waals surface area contributed by atoms with Gasteiger partial charge >= 0.3 is 5.97 Å².